The first-order chi connectivity index (χ1) is 9.31. The van der Waals surface area contributed by atoms with Gasteiger partial charge in [0, 0.05) is 17.1 Å². The highest BCUT2D eigenvalue weighted by Crippen LogP contribution is 2.23. The Bertz CT molecular complexity index is 776. The van der Waals surface area contributed by atoms with Crippen LogP contribution in [-0.2, 0) is 0 Å². The van der Waals surface area contributed by atoms with E-state index in [-0.39, 0.29) is 5.43 Å². The molecule has 3 aromatic rings. The van der Waals surface area contributed by atoms with Crippen LogP contribution in [0.2, 0.25) is 0 Å². The molecule has 3 nitrogen and oxygen atoms in total. The summed E-state index contributed by atoms with van der Waals surface area (Å²) in [6.45, 7) is 0. The van der Waals surface area contributed by atoms with E-state index in [1.165, 1.54) is 0 Å². The van der Waals surface area contributed by atoms with Crippen molar-refractivity contribution in [3.05, 3.63) is 65.0 Å². The Balaban J connectivity index is 2.31. The lowest BCUT2D eigenvalue weighted by atomic mass is 10.0. The quantitative estimate of drug-likeness (QED) is 0.760. The van der Waals surface area contributed by atoms with Crippen molar-refractivity contribution >= 4 is 10.9 Å². The lowest BCUT2D eigenvalue weighted by Crippen LogP contribution is -2.06. The van der Waals surface area contributed by atoms with Gasteiger partial charge in [0.05, 0.1) is 12.6 Å². The van der Waals surface area contributed by atoms with Crippen molar-refractivity contribution in [3.63, 3.8) is 0 Å². The van der Waals surface area contributed by atoms with Crippen LogP contribution in [0.4, 0.5) is 0 Å². The standard InChI is InChI=1S/C16H13NO2/c1-19-14-9-5-8-12-15(14)17-10-13(16(12)18)11-6-3-2-4-7-11/h2-10H,1H3,(H,17,18). The lowest BCUT2D eigenvalue weighted by molar-refractivity contribution is 0.419. The van der Waals surface area contributed by atoms with Gasteiger partial charge in [-0.1, -0.05) is 36.4 Å². The largest absolute Gasteiger partial charge is 0.495 e. The van der Waals surface area contributed by atoms with Crippen LogP contribution in [0.1, 0.15) is 0 Å². The fourth-order valence-electron chi connectivity index (χ4n) is 2.23. The number of aromatic amines is 1. The molecule has 19 heavy (non-hydrogen) atoms. The average molecular weight is 251 g/mol. The number of H-pyrrole nitrogens is 1. The number of benzene rings is 2. The molecule has 2 aromatic carbocycles. The maximum Gasteiger partial charge on any atom is 0.197 e. The van der Waals surface area contributed by atoms with E-state index in [9.17, 15) is 4.79 Å². The van der Waals surface area contributed by atoms with Gasteiger partial charge in [0.1, 0.15) is 5.75 Å². The summed E-state index contributed by atoms with van der Waals surface area (Å²) in [5.74, 6) is 0.675. The molecule has 0 aliphatic rings. The van der Waals surface area contributed by atoms with Gasteiger partial charge in [-0.3, -0.25) is 4.79 Å². The Kier molecular flexibility index (Phi) is 2.80. The Morgan fingerprint density at radius 3 is 2.53 bits per heavy atom. The predicted octanol–water partition coefficient (Wildman–Crippen LogP) is 3.20. The number of aromatic nitrogens is 1. The van der Waals surface area contributed by atoms with E-state index in [4.69, 9.17) is 4.74 Å². The molecule has 0 aliphatic carbocycles. The van der Waals surface area contributed by atoms with Crippen LogP contribution in [-0.4, -0.2) is 12.1 Å². The van der Waals surface area contributed by atoms with E-state index in [2.05, 4.69) is 4.98 Å². The minimum Gasteiger partial charge on any atom is -0.495 e. The molecule has 0 spiro atoms. The molecule has 0 radical (unpaired) electrons. The number of hydrogen-bond donors (Lipinski definition) is 1. The number of hydrogen-bond acceptors (Lipinski definition) is 2. The maximum atomic E-state index is 12.5. The van der Waals surface area contributed by atoms with E-state index in [1.807, 2.05) is 48.5 Å². The third kappa shape index (κ3) is 1.89. The van der Waals surface area contributed by atoms with Crippen LogP contribution in [0, 0.1) is 0 Å². The second kappa shape index (κ2) is 4.61. The van der Waals surface area contributed by atoms with Crippen molar-refractivity contribution in [2.75, 3.05) is 7.11 Å². The minimum absolute atomic E-state index is 0.0128. The van der Waals surface area contributed by atoms with Gasteiger partial charge in [-0.15, -0.1) is 0 Å². The monoisotopic (exact) mass is 251 g/mol. The van der Waals surface area contributed by atoms with Crippen molar-refractivity contribution in [2.24, 2.45) is 0 Å². The van der Waals surface area contributed by atoms with E-state index in [1.54, 1.807) is 13.3 Å². The summed E-state index contributed by atoms with van der Waals surface area (Å²) in [5, 5.41) is 0.640. The van der Waals surface area contributed by atoms with Gasteiger partial charge in [0.25, 0.3) is 0 Å². The third-order valence-electron chi connectivity index (χ3n) is 3.18. The van der Waals surface area contributed by atoms with Crippen LogP contribution < -0.4 is 10.2 Å². The molecule has 0 saturated carbocycles. The second-order valence-corrected chi connectivity index (χ2v) is 4.28. The predicted molar refractivity (Wildman–Crippen MR) is 76.6 cm³/mol. The Labute approximate surface area is 110 Å². The van der Waals surface area contributed by atoms with Crippen LogP contribution in [0.5, 0.6) is 5.75 Å². The molecule has 1 N–H and O–H groups in total. The number of nitrogens with one attached hydrogen (secondary N) is 1. The first-order valence-corrected chi connectivity index (χ1v) is 6.05. The molecule has 0 atom stereocenters. The van der Waals surface area contributed by atoms with Crippen LogP contribution in [0.3, 0.4) is 0 Å². The van der Waals surface area contributed by atoms with Gasteiger partial charge >= 0.3 is 0 Å². The zero-order valence-corrected chi connectivity index (χ0v) is 10.5. The Morgan fingerprint density at radius 1 is 1.00 bits per heavy atom. The highest BCUT2D eigenvalue weighted by Gasteiger charge is 2.09. The summed E-state index contributed by atoms with van der Waals surface area (Å²) in [6, 6.07) is 15.1. The summed E-state index contributed by atoms with van der Waals surface area (Å²) in [6.07, 6.45) is 1.74. The van der Waals surface area contributed by atoms with Crippen LogP contribution in [0.15, 0.2) is 59.5 Å². The van der Waals surface area contributed by atoms with E-state index >= 15 is 0 Å². The molecule has 0 bridgehead atoms. The summed E-state index contributed by atoms with van der Waals surface area (Å²) < 4.78 is 5.26. The van der Waals surface area contributed by atoms with E-state index in [0.29, 0.717) is 16.7 Å². The van der Waals surface area contributed by atoms with Crippen molar-refractivity contribution < 1.29 is 4.74 Å². The molecule has 0 amide bonds. The minimum atomic E-state index is 0.0128. The summed E-state index contributed by atoms with van der Waals surface area (Å²) in [4.78, 5) is 15.7. The first-order valence-electron chi connectivity index (χ1n) is 6.05. The molecule has 0 saturated heterocycles. The molecule has 0 aliphatic heterocycles. The second-order valence-electron chi connectivity index (χ2n) is 4.28. The van der Waals surface area contributed by atoms with Gasteiger partial charge in [0.2, 0.25) is 0 Å². The summed E-state index contributed by atoms with van der Waals surface area (Å²) >= 11 is 0. The Morgan fingerprint density at radius 2 is 1.79 bits per heavy atom. The van der Waals surface area contributed by atoms with Gasteiger partial charge < -0.3 is 9.72 Å². The molecule has 94 valence electrons. The molecule has 1 aromatic heterocycles. The third-order valence-corrected chi connectivity index (χ3v) is 3.18. The first kappa shape index (κ1) is 11.5. The Hall–Kier alpha value is -2.55. The van der Waals surface area contributed by atoms with Gasteiger partial charge in [-0.25, -0.2) is 0 Å². The molecule has 0 unspecified atom stereocenters. The summed E-state index contributed by atoms with van der Waals surface area (Å²) in [7, 11) is 1.60. The van der Waals surface area contributed by atoms with Gasteiger partial charge in [-0.05, 0) is 17.7 Å². The zero-order chi connectivity index (χ0) is 13.2. The van der Waals surface area contributed by atoms with Crippen LogP contribution in [0.25, 0.3) is 22.0 Å². The highest BCUT2D eigenvalue weighted by molar-refractivity contribution is 5.87. The van der Waals surface area contributed by atoms with Gasteiger partial charge in [0.15, 0.2) is 5.43 Å². The topological polar surface area (TPSA) is 42.1 Å². The fourth-order valence-corrected chi connectivity index (χ4v) is 2.23. The molecule has 3 rings (SSSR count). The average Bonchev–Trinajstić information content (AvgIpc) is 2.48. The number of ether oxygens (including phenoxy) is 1. The number of para-hydroxylation sites is 1. The number of pyridine rings is 1. The normalized spacial score (nSPS) is 10.6. The van der Waals surface area contributed by atoms with Crippen molar-refractivity contribution in [3.8, 4) is 16.9 Å². The van der Waals surface area contributed by atoms with Crippen molar-refractivity contribution in [1.82, 2.24) is 4.98 Å². The zero-order valence-electron chi connectivity index (χ0n) is 10.5. The number of fused-ring (bicyclic) bond motifs is 1. The fraction of sp³-hybridized carbons (Fsp3) is 0.0625. The molecular formula is C16H13NO2. The van der Waals surface area contributed by atoms with Gasteiger partial charge in [-0.2, -0.15) is 0 Å². The van der Waals surface area contributed by atoms with E-state index < -0.39 is 0 Å². The number of rotatable bonds is 2. The lowest BCUT2D eigenvalue weighted by Gasteiger charge is -2.07. The summed E-state index contributed by atoms with van der Waals surface area (Å²) in [5.41, 5.74) is 2.32. The number of methoxy groups -OCH3 is 1. The maximum absolute atomic E-state index is 12.5. The SMILES string of the molecule is COc1cccc2c(=O)c(-c3ccccc3)c[nH]c12. The molecule has 0 fully saturated rings. The molecule has 3 heteroatoms. The smallest absolute Gasteiger partial charge is 0.197 e. The van der Waals surface area contributed by atoms with Crippen molar-refractivity contribution in [1.29, 1.82) is 0 Å². The molecular weight excluding hydrogens is 238 g/mol. The van der Waals surface area contributed by atoms with E-state index in [0.717, 1.165) is 11.1 Å². The van der Waals surface area contributed by atoms with Crippen molar-refractivity contribution in [2.45, 2.75) is 0 Å². The van der Waals surface area contributed by atoms with Crippen LogP contribution >= 0.6 is 0 Å². The highest BCUT2D eigenvalue weighted by atomic mass is 16.5. The molecule has 1 heterocycles.